The molecule has 3 aromatic rings. The van der Waals surface area contributed by atoms with Crippen molar-refractivity contribution in [1.82, 2.24) is 14.9 Å². The second-order valence-electron chi connectivity index (χ2n) is 6.70. The summed E-state index contributed by atoms with van der Waals surface area (Å²) in [6, 6.07) is 18.3. The van der Waals surface area contributed by atoms with Crippen molar-refractivity contribution in [2.24, 2.45) is 0 Å². The number of rotatable bonds is 7. The molecule has 0 aliphatic carbocycles. The number of hydrogen-bond acceptors (Lipinski definition) is 2. The van der Waals surface area contributed by atoms with Crippen LogP contribution in [0.3, 0.4) is 0 Å². The summed E-state index contributed by atoms with van der Waals surface area (Å²) in [5.74, 6) is 0.968. The summed E-state index contributed by atoms with van der Waals surface area (Å²) in [4.78, 5) is 16.7. The van der Waals surface area contributed by atoms with E-state index in [0.717, 1.165) is 30.8 Å². The van der Waals surface area contributed by atoms with E-state index in [1.165, 1.54) is 5.56 Å². The van der Waals surface area contributed by atoms with Gasteiger partial charge in [0.2, 0.25) is 0 Å². The SMILES string of the molecule is Cc1nccn1Cc1ccc(C(=O)N[C@H](C)CCc2ccccc2)cc1. The highest BCUT2D eigenvalue weighted by Gasteiger charge is 2.10. The van der Waals surface area contributed by atoms with Crippen molar-refractivity contribution in [3.63, 3.8) is 0 Å². The lowest BCUT2D eigenvalue weighted by Crippen LogP contribution is -2.32. The number of aryl methyl sites for hydroxylation is 2. The van der Waals surface area contributed by atoms with E-state index in [4.69, 9.17) is 0 Å². The van der Waals surface area contributed by atoms with Gasteiger partial charge in [0.1, 0.15) is 5.82 Å². The van der Waals surface area contributed by atoms with E-state index < -0.39 is 0 Å². The molecule has 0 saturated heterocycles. The predicted octanol–water partition coefficient (Wildman–Crippen LogP) is 3.99. The summed E-state index contributed by atoms with van der Waals surface area (Å²) in [6.07, 6.45) is 5.65. The van der Waals surface area contributed by atoms with E-state index >= 15 is 0 Å². The summed E-state index contributed by atoms with van der Waals surface area (Å²) in [5, 5.41) is 3.09. The normalized spacial score (nSPS) is 11.9. The molecule has 4 heteroatoms. The van der Waals surface area contributed by atoms with Gasteiger partial charge in [0.25, 0.3) is 5.91 Å². The quantitative estimate of drug-likeness (QED) is 0.702. The number of benzene rings is 2. The summed E-state index contributed by atoms with van der Waals surface area (Å²) in [5.41, 5.74) is 3.15. The van der Waals surface area contributed by atoms with Gasteiger partial charge in [-0.1, -0.05) is 42.5 Å². The van der Waals surface area contributed by atoms with Gasteiger partial charge in [0.15, 0.2) is 0 Å². The van der Waals surface area contributed by atoms with E-state index in [0.29, 0.717) is 5.56 Å². The van der Waals surface area contributed by atoms with E-state index in [1.807, 2.05) is 55.6 Å². The first-order valence-electron chi connectivity index (χ1n) is 9.03. The number of amides is 1. The molecule has 3 rings (SSSR count). The van der Waals surface area contributed by atoms with Gasteiger partial charge in [0, 0.05) is 30.5 Å². The lowest BCUT2D eigenvalue weighted by atomic mass is 10.1. The highest BCUT2D eigenvalue weighted by atomic mass is 16.1. The molecule has 1 aromatic heterocycles. The Hall–Kier alpha value is -2.88. The van der Waals surface area contributed by atoms with Crippen LogP contribution in [0.5, 0.6) is 0 Å². The second-order valence-corrected chi connectivity index (χ2v) is 6.70. The highest BCUT2D eigenvalue weighted by Crippen LogP contribution is 2.09. The van der Waals surface area contributed by atoms with Gasteiger partial charge >= 0.3 is 0 Å². The van der Waals surface area contributed by atoms with Gasteiger partial charge in [0.05, 0.1) is 0 Å². The first-order valence-corrected chi connectivity index (χ1v) is 9.03. The van der Waals surface area contributed by atoms with Gasteiger partial charge in [-0.3, -0.25) is 4.79 Å². The monoisotopic (exact) mass is 347 g/mol. The van der Waals surface area contributed by atoms with E-state index in [2.05, 4.69) is 33.9 Å². The molecule has 0 fully saturated rings. The Morgan fingerprint density at radius 2 is 1.81 bits per heavy atom. The van der Waals surface area contributed by atoms with Crippen molar-refractivity contribution in [3.8, 4) is 0 Å². The summed E-state index contributed by atoms with van der Waals surface area (Å²) in [7, 11) is 0. The number of carbonyl (C=O) groups is 1. The molecule has 0 radical (unpaired) electrons. The van der Waals surface area contributed by atoms with Crippen molar-refractivity contribution < 1.29 is 4.79 Å². The Morgan fingerprint density at radius 1 is 1.08 bits per heavy atom. The molecule has 1 atom stereocenters. The molecule has 1 heterocycles. The molecule has 1 amide bonds. The molecular formula is C22H25N3O. The summed E-state index contributed by atoms with van der Waals surface area (Å²) >= 11 is 0. The van der Waals surface area contributed by atoms with Crippen LogP contribution in [0.25, 0.3) is 0 Å². The zero-order valence-corrected chi connectivity index (χ0v) is 15.4. The zero-order valence-electron chi connectivity index (χ0n) is 15.4. The van der Waals surface area contributed by atoms with E-state index in [9.17, 15) is 4.79 Å². The molecule has 0 unspecified atom stereocenters. The Balaban J connectivity index is 1.52. The maximum Gasteiger partial charge on any atom is 0.251 e. The molecule has 134 valence electrons. The minimum atomic E-state index is -0.0177. The van der Waals surface area contributed by atoms with Crippen LogP contribution in [-0.4, -0.2) is 21.5 Å². The largest absolute Gasteiger partial charge is 0.350 e. The van der Waals surface area contributed by atoms with Crippen LogP contribution in [0.15, 0.2) is 67.0 Å². The van der Waals surface area contributed by atoms with Gasteiger partial charge in [-0.15, -0.1) is 0 Å². The lowest BCUT2D eigenvalue weighted by molar-refractivity contribution is 0.0938. The predicted molar refractivity (Wildman–Crippen MR) is 104 cm³/mol. The van der Waals surface area contributed by atoms with Crippen LogP contribution in [0.4, 0.5) is 0 Å². The number of nitrogens with zero attached hydrogens (tertiary/aromatic N) is 2. The maximum atomic E-state index is 12.4. The van der Waals surface area contributed by atoms with Crippen molar-refractivity contribution in [1.29, 1.82) is 0 Å². The van der Waals surface area contributed by atoms with Gasteiger partial charge in [-0.2, -0.15) is 0 Å². The number of aromatic nitrogens is 2. The molecule has 0 bridgehead atoms. The molecular weight excluding hydrogens is 322 g/mol. The van der Waals surface area contributed by atoms with Gasteiger partial charge < -0.3 is 9.88 Å². The molecule has 0 saturated carbocycles. The third kappa shape index (κ3) is 4.82. The lowest BCUT2D eigenvalue weighted by Gasteiger charge is -2.14. The average molecular weight is 347 g/mol. The molecule has 1 N–H and O–H groups in total. The Kier molecular flexibility index (Phi) is 5.84. The number of carbonyl (C=O) groups excluding carboxylic acids is 1. The fraction of sp³-hybridized carbons (Fsp3) is 0.273. The van der Waals surface area contributed by atoms with E-state index in [1.54, 1.807) is 6.20 Å². The van der Waals surface area contributed by atoms with Crippen LogP contribution in [0.2, 0.25) is 0 Å². The average Bonchev–Trinajstić information content (AvgIpc) is 3.06. The molecule has 0 aliphatic heterocycles. The van der Waals surface area contributed by atoms with Crippen LogP contribution in [0, 0.1) is 6.92 Å². The highest BCUT2D eigenvalue weighted by molar-refractivity contribution is 5.94. The summed E-state index contributed by atoms with van der Waals surface area (Å²) in [6.45, 7) is 4.80. The fourth-order valence-corrected chi connectivity index (χ4v) is 2.94. The number of imidazole rings is 1. The third-order valence-corrected chi connectivity index (χ3v) is 4.58. The Bertz CT molecular complexity index is 837. The fourth-order valence-electron chi connectivity index (χ4n) is 2.94. The second kappa shape index (κ2) is 8.48. The minimum absolute atomic E-state index is 0.0177. The van der Waals surface area contributed by atoms with Crippen LogP contribution < -0.4 is 5.32 Å². The van der Waals surface area contributed by atoms with Crippen molar-refractivity contribution >= 4 is 5.91 Å². The summed E-state index contributed by atoms with van der Waals surface area (Å²) < 4.78 is 2.08. The zero-order chi connectivity index (χ0) is 18.4. The van der Waals surface area contributed by atoms with Gasteiger partial charge in [-0.05, 0) is 49.9 Å². The van der Waals surface area contributed by atoms with E-state index in [-0.39, 0.29) is 11.9 Å². The van der Waals surface area contributed by atoms with Crippen LogP contribution in [0.1, 0.15) is 40.7 Å². The third-order valence-electron chi connectivity index (χ3n) is 4.58. The molecule has 0 spiro atoms. The van der Waals surface area contributed by atoms with Crippen molar-refractivity contribution in [3.05, 3.63) is 89.5 Å². The standard InChI is InChI=1S/C22H25N3O/c1-17(8-9-19-6-4-3-5-7-19)24-22(26)21-12-10-20(11-13-21)16-25-15-14-23-18(25)2/h3-7,10-15,17H,8-9,16H2,1-2H3,(H,24,26)/t17-/m1/s1. The van der Waals surface area contributed by atoms with Gasteiger partial charge in [-0.25, -0.2) is 4.98 Å². The Morgan fingerprint density at radius 3 is 2.46 bits per heavy atom. The molecule has 4 nitrogen and oxygen atoms in total. The molecule has 0 aliphatic rings. The number of nitrogens with one attached hydrogen (secondary N) is 1. The topological polar surface area (TPSA) is 46.9 Å². The van der Waals surface area contributed by atoms with Crippen LogP contribution >= 0.6 is 0 Å². The smallest absolute Gasteiger partial charge is 0.251 e. The number of hydrogen-bond donors (Lipinski definition) is 1. The first-order chi connectivity index (χ1) is 12.6. The first kappa shape index (κ1) is 17.9. The Labute approximate surface area is 154 Å². The maximum absolute atomic E-state index is 12.4. The van der Waals surface area contributed by atoms with Crippen molar-refractivity contribution in [2.75, 3.05) is 0 Å². The van der Waals surface area contributed by atoms with Crippen molar-refractivity contribution in [2.45, 2.75) is 39.3 Å². The minimum Gasteiger partial charge on any atom is -0.350 e. The molecule has 26 heavy (non-hydrogen) atoms. The molecule has 2 aromatic carbocycles. The van der Waals surface area contributed by atoms with Crippen LogP contribution in [-0.2, 0) is 13.0 Å².